The van der Waals surface area contributed by atoms with Crippen molar-refractivity contribution in [2.75, 3.05) is 6.54 Å². The van der Waals surface area contributed by atoms with Crippen molar-refractivity contribution in [3.8, 4) is 0 Å². The van der Waals surface area contributed by atoms with Gasteiger partial charge in [0.2, 0.25) is 0 Å². The van der Waals surface area contributed by atoms with Crippen molar-refractivity contribution in [1.82, 2.24) is 5.32 Å². The molecule has 0 spiro atoms. The highest BCUT2D eigenvalue weighted by molar-refractivity contribution is 5.22. The minimum absolute atomic E-state index is 0.0839. The molecule has 0 heterocycles. The second-order valence-corrected chi connectivity index (χ2v) is 4.66. The lowest BCUT2D eigenvalue weighted by atomic mass is 10.00. The first-order valence-corrected chi connectivity index (χ1v) is 6.59. The van der Waals surface area contributed by atoms with Gasteiger partial charge in [0.05, 0.1) is 0 Å². The number of rotatable bonds is 7. The minimum atomic E-state index is -4.23. The average molecular weight is 295 g/mol. The molecule has 1 atom stereocenters. The molecule has 0 amide bonds. The maximum Gasteiger partial charge on any atom is 0.389 e. The third kappa shape index (κ3) is 5.45. The van der Waals surface area contributed by atoms with Gasteiger partial charge in [-0.05, 0) is 31.9 Å². The van der Waals surface area contributed by atoms with Crippen LogP contribution < -0.4 is 5.32 Å². The highest BCUT2D eigenvalue weighted by atomic mass is 19.4. The molecule has 0 bridgehead atoms. The van der Waals surface area contributed by atoms with Crippen LogP contribution in [-0.4, -0.2) is 12.7 Å². The fraction of sp³-hybridized carbons (Fsp3) is 0.571. The molecule has 114 valence electrons. The second kappa shape index (κ2) is 7.57. The Hall–Kier alpha value is -1.17. The van der Waals surface area contributed by atoms with Crippen LogP contribution in [0.25, 0.3) is 0 Å². The number of hydrogen-bond donors (Lipinski definition) is 1. The first kappa shape index (κ1) is 16.9. The Balaban J connectivity index is 2.75. The van der Waals surface area contributed by atoms with E-state index in [2.05, 4.69) is 5.32 Å². The number of halogens is 5. The zero-order valence-corrected chi connectivity index (χ0v) is 11.2. The van der Waals surface area contributed by atoms with Gasteiger partial charge in [-0.25, -0.2) is 8.78 Å². The normalized spacial score (nSPS) is 13.5. The van der Waals surface area contributed by atoms with Gasteiger partial charge in [0, 0.05) is 18.0 Å². The molecule has 0 fully saturated rings. The van der Waals surface area contributed by atoms with E-state index in [1.165, 1.54) is 12.1 Å². The zero-order chi connectivity index (χ0) is 15.2. The topological polar surface area (TPSA) is 12.0 Å². The summed E-state index contributed by atoms with van der Waals surface area (Å²) in [5, 5.41) is 2.97. The minimum Gasteiger partial charge on any atom is -0.310 e. The smallest absolute Gasteiger partial charge is 0.310 e. The highest BCUT2D eigenvalue weighted by Crippen LogP contribution is 2.28. The maximum atomic E-state index is 13.7. The van der Waals surface area contributed by atoms with Crippen LogP contribution in [0, 0.1) is 11.6 Å². The van der Waals surface area contributed by atoms with Gasteiger partial charge in [-0.3, -0.25) is 0 Å². The summed E-state index contributed by atoms with van der Waals surface area (Å²) in [6, 6.07) is 3.15. The first-order valence-electron chi connectivity index (χ1n) is 6.59. The molecule has 0 saturated heterocycles. The number of hydrogen-bond acceptors (Lipinski definition) is 1. The summed E-state index contributed by atoms with van der Waals surface area (Å²) in [4.78, 5) is 0. The van der Waals surface area contributed by atoms with Crippen molar-refractivity contribution < 1.29 is 22.0 Å². The van der Waals surface area contributed by atoms with Gasteiger partial charge in [0.15, 0.2) is 11.6 Å². The van der Waals surface area contributed by atoms with Crippen molar-refractivity contribution in [1.29, 1.82) is 0 Å². The Kier molecular flexibility index (Phi) is 6.39. The molecule has 0 aromatic heterocycles. The standard InChI is InChI=1S/C14H18F5N/c1-2-9-20-12(7-4-8-14(17,18)19)10-5-3-6-11(15)13(10)16/h3,5-6,12,20H,2,4,7-9H2,1H3. The summed E-state index contributed by atoms with van der Waals surface area (Å²) in [7, 11) is 0. The summed E-state index contributed by atoms with van der Waals surface area (Å²) in [6.45, 7) is 2.42. The quantitative estimate of drug-likeness (QED) is 0.717. The Morgan fingerprint density at radius 3 is 2.50 bits per heavy atom. The van der Waals surface area contributed by atoms with Gasteiger partial charge in [0.25, 0.3) is 0 Å². The van der Waals surface area contributed by atoms with Crippen molar-refractivity contribution in [3.05, 3.63) is 35.4 Å². The third-order valence-electron chi connectivity index (χ3n) is 2.95. The molecule has 0 aliphatic carbocycles. The van der Waals surface area contributed by atoms with Crippen molar-refractivity contribution >= 4 is 0 Å². The molecule has 1 nitrogen and oxygen atoms in total. The van der Waals surface area contributed by atoms with Gasteiger partial charge in [0.1, 0.15) is 0 Å². The Labute approximate surface area is 115 Å². The lowest BCUT2D eigenvalue weighted by molar-refractivity contribution is -0.135. The van der Waals surface area contributed by atoms with E-state index >= 15 is 0 Å². The van der Waals surface area contributed by atoms with Crippen LogP contribution in [0.2, 0.25) is 0 Å². The summed E-state index contributed by atoms with van der Waals surface area (Å²) in [5.74, 6) is -1.98. The SMILES string of the molecule is CCCNC(CCCC(F)(F)F)c1cccc(F)c1F. The number of benzene rings is 1. The fourth-order valence-electron chi connectivity index (χ4n) is 1.98. The van der Waals surface area contributed by atoms with E-state index in [1.54, 1.807) is 0 Å². The van der Waals surface area contributed by atoms with Gasteiger partial charge in [-0.1, -0.05) is 19.1 Å². The number of nitrogens with one attached hydrogen (secondary N) is 1. The van der Waals surface area contributed by atoms with E-state index in [4.69, 9.17) is 0 Å². The van der Waals surface area contributed by atoms with Crippen LogP contribution >= 0.6 is 0 Å². The summed E-state index contributed by atoms with van der Waals surface area (Å²) in [6.07, 6.45) is -4.41. The van der Waals surface area contributed by atoms with Gasteiger partial charge in [-0.15, -0.1) is 0 Å². The van der Waals surface area contributed by atoms with Crippen LogP contribution in [-0.2, 0) is 0 Å². The molecule has 6 heteroatoms. The Morgan fingerprint density at radius 2 is 1.90 bits per heavy atom. The molecule has 20 heavy (non-hydrogen) atoms. The van der Waals surface area contributed by atoms with Crippen LogP contribution in [0.3, 0.4) is 0 Å². The fourth-order valence-corrected chi connectivity index (χ4v) is 1.98. The lowest BCUT2D eigenvalue weighted by Crippen LogP contribution is -2.24. The van der Waals surface area contributed by atoms with E-state index in [0.29, 0.717) is 6.54 Å². The van der Waals surface area contributed by atoms with Gasteiger partial charge < -0.3 is 5.32 Å². The van der Waals surface area contributed by atoms with Crippen LogP contribution in [0.1, 0.15) is 44.2 Å². The molecule has 1 rings (SSSR count). The molecule has 1 unspecified atom stereocenters. The lowest BCUT2D eigenvalue weighted by Gasteiger charge is -2.20. The molecular weight excluding hydrogens is 277 g/mol. The largest absolute Gasteiger partial charge is 0.389 e. The van der Waals surface area contributed by atoms with E-state index in [0.717, 1.165) is 12.5 Å². The van der Waals surface area contributed by atoms with Crippen molar-refractivity contribution in [2.45, 2.75) is 44.8 Å². The monoisotopic (exact) mass is 295 g/mol. The summed E-state index contributed by atoms with van der Waals surface area (Å²) >= 11 is 0. The molecule has 1 aromatic carbocycles. The highest BCUT2D eigenvalue weighted by Gasteiger charge is 2.27. The van der Waals surface area contributed by atoms with Crippen LogP contribution in [0.15, 0.2) is 18.2 Å². The average Bonchev–Trinajstić information content (AvgIpc) is 2.36. The van der Waals surface area contributed by atoms with Crippen LogP contribution in [0.4, 0.5) is 22.0 Å². The van der Waals surface area contributed by atoms with Crippen LogP contribution in [0.5, 0.6) is 0 Å². The molecule has 0 radical (unpaired) electrons. The van der Waals surface area contributed by atoms with E-state index in [-0.39, 0.29) is 18.4 Å². The Bertz CT molecular complexity index is 417. The van der Waals surface area contributed by atoms with Gasteiger partial charge >= 0.3 is 6.18 Å². The van der Waals surface area contributed by atoms with Crippen molar-refractivity contribution in [2.24, 2.45) is 0 Å². The maximum absolute atomic E-state index is 13.7. The molecule has 1 N–H and O–H groups in total. The number of alkyl halides is 3. The zero-order valence-electron chi connectivity index (χ0n) is 11.2. The first-order chi connectivity index (χ1) is 9.35. The summed E-state index contributed by atoms with van der Waals surface area (Å²) in [5.41, 5.74) is 0.0839. The van der Waals surface area contributed by atoms with E-state index < -0.39 is 30.3 Å². The molecular formula is C14H18F5N. The van der Waals surface area contributed by atoms with Gasteiger partial charge in [-0.2, -0.15) is 13.2 Å². The second-order valence-electron chi connectivity index (χ2n) is 4.66. The molecule has 0 aliphatic rings. The predicted molar refractivity (Wildman–Crippen MR) is 67.3 cm³/mol. The Morgan fingerprint density at radius 1 is 1.20 bits per heavy atom. The van der Waals surface area contributed by atoms with Crippen molar-refractivity contribution in [3.63, 3.8) is 0 Å². The van der Waals surface area contributed by atoms with E-state index in [9.17, 15) is 22.0 Å². The summed E-state index contributed by atoms with van der Waals surface area (Å²) < 4.78 is 63.3. The molecule has 0 aliphatic heterocycles. The predicted octanol–water partition coefficient (Wildman–Crippen LogP) is 4.74. The van der Waals surface area contributed by atoms with E-state index in [1.807, 2.05) is 6.92 Å². The molecule has 0 saturated carbocycles. The molecule has 1 aromatic rings. The third-order valence-corrected chi connectivity index (χ3v) is 2.95.